The van der Waals surface area contributed by atoms with Gasteiger partial charge in [-0.2, -0.15) is 5.26 Å². The Kier molecular flexibility index (Phi) is 5.23. The second-order valence-corrected chi connectivity index (χ2v) is 6.66. The van der Waals surface area contributed by atoms with E-state index in [1.54, 1.807) is 43.5 Å². The number of furan rings is 1. The van der Waals surface area contributed by atoms with Crippen molar-refractivity contribution in [3.05, 3.63) is 75.8 Å². The summed E-state index contributed by atoms with van der Waals surface area (Å²) in [5, 5.41) is 9.51. The van der Waals surface area contributed by atoms with Gasteiger partial charge in [0.1, 0.15) is 23.1 Å². The Hall–Kier alpha value is -3.52. The molecule has 5 nitrogen and oxygen atoms in total. The molecular weight excluding hydrogens is 352 g/mol. The summed E-state index contributed by atoms with van der Waals surface area (Å²) < 4.78 is 12.9. The molecule has 0 bridgehead atoms. The number of nitrogens with zero attached hydrogens (tertiary/aromatic N) is 2. The van der Waals surface area contributed by atoms with E-state index in [0.29, 0.717) is 22.8 Å². The number of carbonyl (C=O) groups excluding carboxylic acids is 1. The average Bonchev–Trinajstić information content (AvgIpc) is 3.14. The van der Waals surface area contributed by atoms with E-state index in [1.807, 2.05) is 38.3 Å². The molecule has 3 aromatic rings. The molecule has 0 saturated carbocycles. The van der Waals surface area contributed by atoms with Gasteiger partial charge in [-0.3, -0.25) is 9.36 Å². The van der Waals surface area contributed by atoms with Gasteiger partial charge < -0.3 is 9.15 Å². The number of benzene rings is 1. The minimum atomic E-state index is -0.0881. The smallest absolute Gasteiger partial charge is 0.222 e. The van der Waals surface area contributed by atoms with Crippen LogP contribution in [0.25, 0.3) is 12.0 Å². The third kappa shape index (κ3) is 3.37. The number of aryl methyl sites for hydroxylation is 2. The Bertz CT molecular complexity index is 1110. The van der Waals surface area contributed by atoms with Crippen molar-refractivity contribution in [1.82, 2.24) is 4.57 Å². The molecule has 0 radical (unpaired) electrons. The molecule has 0 saturated heterocycles. The Morgan fingerprint density at radius 2 is 1.86 bits per heavy atom. The number of ketones is 1. The predicted octanol–water partition coefficient (Wildman–Crippen LogP) is 5.08. The zero-order chi connectivity index (χ0) is 20.4. The molecular formula is C23H22N2O3. The molecule has 2 aromatic heterocycles. The van der Waals surface area contributed by atoms with Crippen molar-refractivity contribution in [1.29, 1.82) is 5.26 Å². The van der Waals surface area contributed by atoms with Crippen molar-refractivity contribution in [2.45, 2.75) is 27.7 Å². The largest absolute Gasteiger partial charge is 0.497 e. The maximum absolute atomic E-state index is 12.4. The summed E-state index contributed by atoms with van der Waals surface area (Å²) >= 11 is 0. The average molecular weight is 374 g/mol. The Morgan fingerprint density at radius 1 is 1.18 bits per heavy atom. The number of aromatic nitrogens is 1. The fourth-order valence-electron chi connectivity index (χ4n) is 3.18. The Morgan fingerprint density at radius 3 is 2.46 bits per heavy atom. The first-order valence-corrected chi connectivity index (χ1v) is 8.93. The Labute approximate surface area is 164 Å². The summed E-state index contributed by atoms with van der Waals surface area (Å²) in [5.74, 6) is 1.87. The van der Waals surface area contributed by atoms with Gasteiger partial charge >= 0.3 is 0 Å². The highest BCUT2D eigenvalue weighted by molar-refractivity contribution is 6.06. The lowest BCUT2D eigenvalue weighted by Gasteiger charge is -2.06. The van der Waals surface area contributed by atoms with Gasteiger partial charge in [0.2, 0.25) is 5.88 Å². The second kappa shape index (κ2) is 7.61. The van der Waals surface area contributed by atoms with Gasteiger partial charge in [0, 0.05) is 22.5 Å². The first-order valence-electron chi connectivity index (χ1n) is 8.93. The number of allylic oxidation sites excluding steroid dienone is 1. The molecule has 0 spiro atoms. The molecule has 0 atom stereocenters. The van der Waals surface area contributed by atoms with Gasteiger partial charge in [-0.05, 0) is 75.7 Å². The van der Waals surface area contributed by atoms with E-state index in [1.165, 1.54) is 0 Å². The number of hydrogen-bond donors (Lipinski definition) is 0. The highest BCUT2D eigenvalue weighted by Crippen LogP contribution is 2.29. The van der Waals surface area contributed by atoms with Crippen LogP contribution in [0.15, 0.2) is 40.8 Å². The molecule has 2 heterocycles. The molecule has 0 N–H and O–H groups in total. The van der Waals surface area contributed by atoms with Crippen LogP contribution in [0.4, 0.5) is 0 Å². The van der Waals surface area contributed by atoms with Crippen molar-refractivity contribution in [3.63, 3.8) is 0 Å². The number of methoxy groups -OCH3 is 1. The maximum atomic E-state index is 12.4. The normalized spacial score (nSPS) is 11.0. The molecule has 5 heteroatoms. The van der Waals surface area contributed by atoms with Gasteiger partial charge in [0.15, 0.2) is 5.78 Å². The number of nitriles is 1. The van der Waals surface area contributed by atoms with Crippen LogP contribution in [0, 0.1) is 39.0 Å². The zero-order valence-corrected chi connectivity index (χ0v) is 16.7. The standard InChI is InChI=1S/C23H22N2O3/c1-14-12-19(8-11-22(26)18-6-9-20(27-5)10-7-18)16(3)25(14)23-21(13-24)15(2)17(4)28-23/h6-12H,1-5H3/b11-8+. The minimum absolute atomic E-state index is 0.0881. The summed E-state index contributed by atoms with van der Waals surface area (Å²) in [7, 11) is 1.59. The molecule has 0 fully saturated rings. The molecule has 0 aliphatic heterocycles. The van der Waals surface area contributed by atoms with E-state index >= 15 is 0 Å². The van der Waals surface area contributed by atoms with Crippen molar-refractivity contribution < 1.29 is 13.9 Å². The van der Waals surface area contributed by atoms with Crippen LogP contribution < -0.4 is 4.74 Å². The van der Waals surface area contributed by atoms with Crippen molar-refractivity contribution >= 4 is 11.9 Å². The monoisotopic (exact) mass is 374 g/mol. The fourth-order valence-corrected chi connectivity index (χ4v) is 3.18. The van der Waals surface area contributed by atoms with Crippen LogP contribution in [0.3, 0.4) is 0 Å². The van der Waals surface area contributed by atoms with Crippen LogP contribution in [0.1, 0.15) is 44.2 Å². The van der Waals surface area contributed by atoms with Crippen molar-refractivity contribution in [3.8, 4) is 17.7 Å². The number of ether oxygens (including phenoxy) is 1. The quantitative estimate of drug-likeness (QED) is 0.461. The maximum Gasteiger partial charge on any atom is 0.222 e. The third-order valence-corrected chi connectivity index (χ3v) is 4.94. The highest BCUT2D eigenvalue weighted by atomic mass is 16.5. The lowest BCUT2D eigenvalue weighted by molar-refractivity contribution is 0.104. The number of rotatable bonds is 5. The van der Waals surface area contributed by atoms with Gasteiger partial charge in [0.05, 0.1) is 7.11 Å². The molecule has 28 heavy (non-hydrogen) atoms. The van der Waals surface area contributed by atoms with Crippen LogP contribution >= 0.6 is 0 Å². The predicted molar refractivity (Wildman–Crippen MR) is 108 cm³/mol. The first-order chi connectivity index (χ1) is 13.4. The van der Waals surface area contributed by atoms with Crippen LogP contribution in [-0.4, -0.2) is 17.5 Å². The molecule has 3 rings (SSSR count). The van der Waals surface area contributed by atoms with E-state index < -0.39 is 0 Å². The van der Waals surface area contributed by atoms with E-state index in [9.17, 15) is 10.1 Å². The van der Waals surface area contributed by atoms with E-state index in [0.717, 1.165) is 28.3 Å². The molecule has 142 valence electrons. The zero-order valence-electron chi connectivity index (χ0n) is 16.7. The minimum Gasteiger partial charge on any atom is -0.497 e. The second-order valence-electron chi connectivity index (χ2n) is 6.66. The van der Waals surface area contributed by atoms with Crippen molar-refractivity contribution in [2.24, 2.45) is 0 Å². The summed E-state index contributed by atoms with van der Waals surface area (Å²) in [6, 6.07) is 11.2. The van der Waals surface area contributed by atoms with Crippen LogP contribution in [-0.2, 0) is 0 Å². The van der Waals surface area contributed by atoms with Crippen LogP contribution in [0.5, 0.6) is 5.75 Å². The molecule has 0 amide bonds. The van der Waals surface area contributed by atoms with E-state index in [4.69, 9.17) is 9.15 Å². The molecule has 0 aliphatic carbocycles. The summed E-state index contributed by atoms with van der Waals surface area (Å²) in [5.41, 5.74) is 4.70. The molecule has 0 unspecified atom stereocenters. The summed E-state index contributed by atoms with van der Waals surface area (Å²) in [4.78, 5) is 12.4. The lowest BCUT2D eigenvalue weighted by atomic mass is 10.1. The number of hydrogen-bond acceptors (Lipinski definition) is 4. The third-order valence-electron chi connectivity index (χ3n) is 4.94. The van der Waals surface area contributed by atoms with Gasteiger partial charge in [0.25, 0.3) is 0 Å². The summed E-state index contributed by atoms with van der Waals surface area (Å²) in [6.07, 6.45) is 3.35. The van der Waals surface area contributed by atoms with Gasteiger partial charge in [-0.25, -0.2) is 0 Å². The topological polar surface area (TPSA) is 68.2 Å². The lowest BCUT2D eigenvalue weighted by Crippen LogP contribution is -2.00. The molecule has 0 aliphatic rings. The van der Waals surface area contributed by atoms with Crippen LogP contribution in [0.2, 0.25) is 0 Å². The Balaban J connectivity index is 1.94. The highest BCUT2D eigenvalue weighted by Gasteiger charge is 2.20. The van der Waals surface area contributed by atoms with Gasteiger partial charge in [-0.15, -0.1) is 0 Å². The fraction of sp³-hybridized carbons (Fsp3) is 0.217. The van der Waals surface area contributed by atoms with Crippen molar-refractivity contribution in [2.75, 3.05) is 7.11 Å². The van der Waals surface area contributed by atoms with E-state index in [-0.39, 0.29) is 5.78 Å². The molecule has 1 aromatic carbocycles. The first kappa shape index (κ1) is 19.2. The number of carbonyl (C=O) groups is 1. The SMILES string of the molecule is COc1ccc(C(=O)/C=C/c2cc(C)n(-c3oc(C)c(C)c3C#N)c2C)cc1. The van der Waals surface area contributed by atoms with Gasteiger partial charge in [-0.1, -0.05) is 0 Å². The summed E-state index contributed by atoms with van der Waals surface area (Å²) in [6.45, 7) is 7.62. The van der Waals surface area contributed by atoms with E-state index in [2.05, 4.69) is 6.07 Å².